The number of carbonyl (C=O) groups excluding carboxylic acids is 4. The first kappa shape index (κ1) is 60.9. The number of likely N-dealkylation sites (tertiary alicyclic amines) is 1. The number of nitrogens with one attached hydrogen (secondary N) is 3. The summed E-state index contributed by atoms with van der Waals surface area (Å²) in [5.41, 5.74) is 5.00. The Labute approximate surface area is 474 Å². The van der Waals surface area contributed by atoms with Crippen LogP contribution in [0.5, 0.6) is 5.75 Å². The van der Waals surface area contributed by atoms with Gasteiger partial charge in [0, 0.05) is 73.3 Å². The van der Waals surface area contributed by atoms with E-state index in [0.717, 1.165) is 27.4 Å². The summed E-state index contributed by atoms with van der Waals surface area (Å²) < 4.78 is 30.3. The number of hydrogen-bond donors (Lipinski definition) is 4. The van der Waals surface area contributed by atoms with Gasteiger partial charge < -0.3 is 54.5 Å². The first-order chi connectivity index (χ1) is 37.6. The van der Waals surface area contributed by atoms with Crippen LogP contribution in [0.25, 0.3) is 10.4 Å². The topological polar surface area (TPSA) is 217 Å². The number of rotatable bonds is 13. The Morgan fingerprint density at radius 1 is 0.861 bits per heavy atom. The Kier molecular flexibility index (Phi) is 21.0. The number of nitriles is 1. The number of carbonyl (C=O) groups is 4. The number of amides is 4. The largest absolute Gasteiger partial charge is 0.489 e. The lowest BCUT2D eigenvalue weighted by Gasteiger charge is -2.63. The molecule has 3 aromatic carbocycles. The number of thiazole rings is 1. The van der Waals surface area contributed by atoms with Gasteiger partial charge in [0.25, 0.3) is 5.91 Å². The van der Waals surface area contributed by atoms with Gasteiger partial charge in [-0.2, -0.15) is 5.26 Å². The molecule has 1 aromatic heterocycles. The second kappa shape index (κ2) is 27.2. The predicted octanol–water partition coefficient (Wildman–Crippen LogP) is 6.81. The maximum absolute atomic E-state index is 14.4. The van der Waals surface area contributed by atoms with Crippen molar-refractivity contribution in [3.63, 3.8) is 0 Å². The van der Waals surface area contributed by atoms with Crippen LogP contribution in [0.1, 0.15) is 95.0 Å². The molecule has 79 heavy (non-hydrogen) atoms. The van der Waals surface area contributed by atoms with E-state index in [1.54, 1.807) is 29.5 Å². The van der Waals surface area contributed by atoms with Crippen LogP contribution in [0.15, 0.2) is 72.2 Å². The molecule has 4 amide bonds. The summed E-state index contributed by atoms with van der Waals surface area (Å²) >= 11 is 7.86. The van der Waals surface area contributed by atoms with E-state index in [1.165, 1.54) is 4.90 Å². The van der Waals surface area contributed by atoms with Gasteiger partial charge in [-0.1, -0.05) is 84.3 Å². The average molecular weight is 1130 g/mol. The first-order valence-corrected chi connectivity index (χ1v) is 28.5. The smallest absolute Gasteiger partial charge is 0.251 e. The summed E-state index contributed by atoms with van der Waals surface area (Å²) in [6.45, 7) is 22.5. The number of ether oxygens (including phenoxy) is 5. The number of aromatic nitrogens is 1. The quantitative estimate of drug-likeness (QED) is 0.108. The van der Waals surface area contributed by atoms with Crippen molar-refractivity contribution in [3.8, 4) is 22.3 Å². The van der Waals surface area contributed by atoms with Crippen LogP contribution in [-0.2, 0) is 33.3 Å². The van der Waals surface area contributed by atoms with Crippen molar-refractivity contribution in [3.05, 3.63) is 99.6 Å². The maximum atomic E-state index is 14.4. The average Bonchev–Trinajstić information content (AvgIpc) is 4.11. The summed E-state index contributed by atoms with van der Waals surface area (Å²) in [6, 6.07) is 20.1. The number of aliphatic hydroxyl groups is 1. The molecule has 3 heterocycles. The molecule has 1 unspecified atom stereocenters. The van der Waals surface area contributed by atoms with Crippen LogP contribution >= 0.6 is 22.9 Å². The standard InChI is InChI=1S/C59H79ClN8O10S/c1-38(40-10-12-41(13-11-40)50-39(2)62-37-79-50)63-53(72)48-32-45(69)35-68(48)54(73)51(57(3,4)5)64-49(70)36-66-20-24-74-28-30-76-26-22-67(23-27-77-31-29-75-25-21-66)44-17-14-42(15-18-44)52(71)65-55-58(6,7)56(59(55,8)9)78-46-19-16-43(34-61)47(60)33-46/h10-19,33,37-38,45,48,51,55-56,69H,20-32,35-36H2,1-9H3,(H,63,72)(H,64,70)(H,65,71)/t38?,45-,48+,51-,55?,56?/m1/s1. The van der Waals surface area contributed by atoms with Gasteiger partial charge in [0.15, 0.2) is 0 Å². The molecule has 4 atom stereocenters. The lowest BCUT2D eigenvalue weighted by Crippen LogP contribution is -2.74. The number of benzene rings is 3. The van der Waals surface area contributed by atoms with E-state index in [9.17, 15) is 29.5 Å². The molecule has 1 saturated carbocycles. The molecular weight excluding hydrogens is 1050 g/mol. The summed E-state index contributed by atoms with van der Waals surface area (Å²) in [6.07, 6.45) is -1.04. The Bertz CT molecular complexity index is 2710. The molecule has 2 saturated heterocycles. The zero-order chi connectivity index (χ0) is 57.1. The van der Waals surface area contributed by atoms with Gasteiger partial charge in [-0.3, -0.25) is 24.1 Å². The summed E-state index contributed by atoms with van der Waals surface area (Å²) in [4.78, 5) is 66.7. The fourth-order valence-corrected chi connectivity index (χ4v) is 12.1. The third-order valence-corrected chi connectivity index (χ3v) is 16.5. The van der Waals surface area contributed by atoms with Gasteiger partial charge in [-0.25, -0.2) is 4.98 Å². The summed E-state index contributed by atoms with van der Waals surface area (Å²) in [5, 5.41) is 29.7. The zero-order valence-corrected chi connectivity index (χ0v) is 48.7. The van der Waals surface area contributed by atoms with Gasteiger partial charge >= 0.3 is 0 Å². The van der Waals surface area contributed by atoms with E-state index in [1.807, 2.05) is 93.6 Å². The molecule has 428 valence electrons. The monoisotopic (exact) mass is 1130 g/mol. The minimum atomic E-state index is -0.984. The highest BCUT2D eigenvalue weighted by Gasteiger charge is 2.64. The van der Waals surface area contributed by atoms with Gasteiger partial charge in [0.1, 0.15) is 30.0 Å². The second-order valence-electron chi connectivity index (χ2n) is 22.9. The van der Waals surface area contributed by atoms with E-state index >= 15 is 0 Å². The van der Waals surface area contributed by atoms with E-state index in [2.05, 4.69) is 59.6 Å². The van der Waals surface area contributed by atoms with E-state index in [0.29, 0.717) is 101 Å². The molecule has 3 fully saturated rings. The minimum Gasteiger partial charge on any atom is -0.489 e. The third kappa shape index (κ3) is 15.6. The molecule has 0 bridgehead atoms. The summed E-state index contributed by atoms with van der Waals surface area (Å²) in [7, 11) is 0. The van der Waals surface area contributed by atoms with E-state index < -0.39 is 40.3 Å². The summed E-state index contributed by atoms with van der Waals surface area (Å²) in [5.74, 6) is -0.787. The Morgan fingerprint density at radius 2 is 1.46 bits per heavy atom. The van der Waals surface area contributed by atoms with Crippen molar-refractivity contribution >= 4 is 52.3 Å². The van der Waals surface area contributed by atoms with Crippen molar-refractivity contribution in [1.82, 2.24) is 30.7 Å². The normalized spacial score (nSPS) is 22.5. The van der Waals surface area contributed by atoms with Crippen LogP contribution in [0.4, 0.5) is 5.69 Å². The Hall–Kier alpha value is -5.69. The molecule has 1 aliphatic carbocycles. The molecule has 2 aliphatic heterocycles. The molecule has 3 aliphatic rings. The number of aryl methyl sites for hydroxylation is 1. The lowest BCUT2D eigenvalue weighted by molar-refractivity contribution is -0.164. The Balaban J connectivity index is 0.868. The van der Waals surface area contributed by atoms with Gasteiger partial charge in [0.05, 0.1) is 98.2 Å². The van der Waals surface area contributed by atoms with Gasteiger partial charge in [-0.15, -0.1) is 11.3 Å². The van der Waals surface area contributed by atoms with Crippen molar-refractivity contribution in [2.45, 2.75) is 105 Å². The number of aliphatic hydroxyl groups excluding tert-OH is 1. The first-order valence-electron chi connectivity index (χ1n) is 27.2. The number of β-amino-alcohol motifs (C(OH)–C–C–N with tert-alkyl or cyclic N) is 1. The SMILES string of the molecule is Cc1ncsc1-c1ccc(C(C)NC(=O)[C@@H]2C[C@@H](O)CN2C(=O)[C@@H](NC(=O)CN2CCOCCOCCN(c3ccc(C(=O)NC4C(C)(C)C(Oc5ccc(C#N)c(Cl)c5)C4(C)C)cc3)CCOCCOCC2)C(C)(C)C)cc1. The Morgan fingerprint density at radius 3 is 2.00 bits per heavy atom. The van der Waals surface area contributed by atoms with Crippen LogP contribution < -0.4 is 25.6 Å². The highest BCUT2D eigenvalue weighted by atomic mass is 35.5. The highest BCUT2D eigenvalue weighted by molar-refractivity contribution is 7.13. The van der Waals surface area contributed by atoms with Gasteiger partial charge in [-0.05, 0) is 66.8 Å². The number of nitrogens with zero attached hydrogens (tertiary/aromatic N) is 5. The molecule has 4 N–H and O–H groups in total. The van der Waals surface area contributed by atoms with Crippen LogP contribution in [0.3, 0.4) is 0 Å². The van der Waals surface area contributed by atoms with Crippen LogP contribution in [-0.4, -0.2) is 166 Å². The van der Waals surface area contributed by atoms with Crippen molar-refractivity contribution in [2.24, 2.45) is 16.2 Å². The molecule has 18 nitrogen and oxygen atoms in total. The second-order valence-corrected chi connectivity index (χ2v) is 24.2. The molecule has 20 heteroatoms. The number of hydrogen-bond acceptors (Lipinski definition) is 15. The lowest BCUT2D eigenvalue weighted by atomic mass is 9.49. The number of anilines is 1. The van der Waals surface area contributed by atoms with Crippen molar-refractivity contribution in [1.29, 1.82) is 5.26 Å². The predicted molar refractivity (Wildman–Crippen MR) is 304 cm³/mol. The van der Waals surface area contributed by atoms with Gasteiger partial charge in [0.2, 0.25) is 17.7 Å². The third-order valence-electron chi connectivity index (χ3n) is 15.2. The molecule has 4 aromatic rings. The fourth-order valence-electron chi connectivity index (χ4n) is 11.1. The van der Waals surface area contributed by atoms with Crippen LogP contribution in [0.2, 0.25) is 5.02 Å². The fraction of sp³-hybridized carbons (Fsp3) is 0.559. The van der Waals surface area contributed by atoms with Crippen molar-refractivity contribution < 1.29 is 48.0 Å². The highest BCUT2D eigenvalue weighted by Crippen LogP contribution is 2.55. The van der Waals surface area contributed by atoms with E-state index in [4.69, 9.17) is 35.3 Å². The number of halogens is 1. The minimum absolute atomic E-state index is 0.0302. The van der Waals surface area contributed by atoms with Crippen LogP contribution in [0, 0.1) is 34.5 Å². The van der Waals surface area contributed by atoms with Crippen molar-refractivity contribution in [2.75, 3.05) is 97.0 Å². The molecular formula is C59H79ClN8O10S. The molecule has 0 spiro atoms. The molecule has 0 radical (unpaired) electrons. The zero-order valence-electron chi connectivity index (χ0n) is 47.1. The maximum Gasteiger partial charge on any atom is 0.251 e. The van der Waals surface area contributed by atoms with E-state index in [-0.39, 0.29) is 55.4 Å². The molecule has 7 rings (SSSR count).